The van der Waals surface area contributed by atoms with E-state index in [-0.39, 0.29) is 22.9 Å². The molecule has 7 heteroatoms. The number of esters is 1. The molecule has 2 aromatic rings. The molecule has 0 bridgehead atoms. The molecule has 1 radical (unpaired) electrons. The number of hydrogen-bond acceptors (Lipinski definition) is 4. The molecule has 1 aliphatic carbocycles. The number of para-hydroxylation sites is 2. The van der Waals surface area contributed by atoms with Gasteiger partial charge in [0.1, 0.15) is 12.6 Å². The number of carbonyl (C=O) groups excluding carboxylic acids is 1. The summed E-state index contributed by atoms with van der Waals surface area (Å²) < 4.78 is 8.40. The van der Waals surface area contributed by atoms with Gasteiger partial charge in [0.05, 0.1) is 5.41 Å². The van der Waals surface area contributed by atoms with Gasteiger partial charge >= 0.3 is 5.97 Å². The number of hydrogen-bond donors (Lipinski definition) is 0. The number of hydroxylamine groups is 2. The van der Waals surface area contributed by atoms with E-state index >= 15 is 0 Å². The molecule has 0 saturated carbocycles. The first-order valence-corrected chi connectivity index (χ1v) is 21.6. The second-order valence-corrected chi connectivity index (χ2v) is 19.2. The van der Waals surface area contributed by atoms with E-state index in [2.05, 4.69) is 117 Å². The molecule has 3 aliphatic heterocycles. The van der Waals surface area contributed by atoms with Gasteiger partial charge in [0, 0.05) is 82.8 Å². The van der Waals surface area contributed by atoms with Crippen LogP contribution in [0.15, 0.2) is 94.7 Å². The summed E-state index contributed by atoms with van der Waals surface area (Å²) in [6.45, 7) is 21.2. The normalized spacial score (nSPS) is 23.1. The first-order valence-electron chi connectivity index (χ1n) is 21.3. The summed E-state index contributed by atoms with van der Waals surface area (Å²) >= 11 is 7.28. The van der Waals surface area contributed by atoms with Gasteiger partial charge in [-0.3, -0.25) is 4.79 Å². The van der Waals surface area contributed by atoms with Gasteiger partial charge in [0.15, 0.2) is 5.71 Å². The number of anilines is 1. The van der Waals surface area contributed by atoms with Gasteiger partial charge in [-0.2, -0.15) is 4.58 Å². The lowest BCUT2D eigenvalue weighted by atomic mass is 9.80. The van der Waals surface area contributed by atoms with Gasteiger partial charge < -0.3 is 9.64 Å². The Morgan fingerprint density at radius 2 is 1.52 bits per heavy atom. The van der Waals surface area contributed by atoms with Crippen LogP contribution < -0.4 is 4.90 Å². The van der Waals surface area contributed by atoms with Crippen LogP contribution in [-0.2, 0) is 25.6 Å². The van der Waals surface area contributed by atoms with Gasteiger partial charge in [-0.05, 0) is 109 Å². The molecule has 1 saturated heterocycles. The van der Waals surface area contributed by atoms with Crippen molar-refractivity contribution in [2.24, 2.45) is 0 Å². The van der Waals surface area contributed by atoms with E-state index in [1.54, 1.807) is 0 Å². The molecular weight excluding hydrogens is 714 g/mol. The number of benzene rings is 2. The third kappa shape index (κ3) is 8.54. The number of ether oxygens (including phenoxy) is 1. The number of piperidine rings is 1. The van der Waals surface area contributed by atoms with Crippen molar-refractivity contribution in [3.05, 3.63) is 106 Å². The summed E-state index contributed by atoms with van der Waals surface area (Å²) in [6.07, 6.45) is 18.5. The highest BCUT2D eigenvalue weighted by Gasteiger charge is 2.48. The Morgan fingerprint density at radius 1 is 0.839 bits per heavy atom. The Bertz CT molecular complexity index is 1930. The second kappa shape index (κ2) is 16.8. The zero-order valence-electron chi connectivity index (χ0n) is 35.6. The zero-order chi connectivity index (χ0) is 40.5. The summed E-state index contributed by atoms with van der Waals surface area (Å²) in [4.78, 5) is 15.4. The van der Waals surface area contributed by atoms with Crippen LogP contribution in [0.1, 0.15) is 144 Å². The lowest BCUT2D eigenvalue weighted by Crippen LogP contribution is -2.60. The van der Waals surface area contributed by atoms with E-state index in [4.69, 9.17) is 16.3 Å². The maximum atomic E-state index is 12.9. The highest BCUT2D eigenvalue weighted by atomic mass is 35.5. The summed E-state index contributed by atoms with van der Waals surface area (Å²) in [5.74, 6) is -0.156. The fraction of sp³-hybridized carbons (Fsp3) is 0.551. The first kappa shape index (κ1) is 42.2. The molecule has 0 aromatic heterocycles. The topological polar surface area (TPSA) is 55.7 Å². The van der Waals surface area contributed by atoms with E-state index in [1.807, 2.05) is 27.7 Å². The SMILES string of the molecule is CCCCN1/C(=C/C=C2\CCCC(/C=C/C3=[N+](CCCCCC(=O)OC4CC(C)(C)N([O])C(C)(C)C4)c4ccccc4C3(C)C)=C2Cl)C(C)(C)c2ccccc21. The van der Waals surface area contributed by atoms with Crippen molar-refractivity contribution in [3.63, 3.8) is 0 Å². The van der Waals surface area contributed by atoms with Gasteiger partial charge in [0.2, 0.25) is 5.69 Å². The number of nitrogens with zero attached hydrogens (tertiary/aromatic N) is 3. The largest absolute Gasteiger partial charge is 0.462 e. The highest BCUT2D eigenvalue weighted by Crippen LogP contribution is 2.48. The van der Waals surface area contributed by atoms with E-state index in [0.29, 0.717) is 19.3 Å². The lowest BCUT2D eigenvalue weighted by Gasteiger charge is -2.49. The molecule has 0 atom stereocenters. The van der Waals surface area contributed by atoms with Crippen molar-refractivity contribution in [3.8, 4) is 0 Å². The summed E-state index contributed by atoms with van der Waals surface area (Å²) in [7, 11) is 0. The second-order valence-electron chi connectivity index (χ2n) is 18.8. The van der Waals surface area contributed by atoms with Crippen LogP contribution in [0.3, 0.4) is 0 Å². The Morgan fingerprint density at radius 3 is 2.23 bits per heavy atom. The maximum Gasteiger partial charge on any atom is 0.306 e. The van der Waals surface area contributed by atoms with Crippen LogP contribution in [0, 0.1) is 0 Å². The monoisotopic (exact) mass is 779 g/mol. The molecule has 301 valence electrons. The number of allylic oxidation sites excluding steroid dienone is 8. The lowest BCUT2D eigenvalue weighted by molar-refractivity contribution is -0.438. The van der Waals surface area contributed by atoms with Crippen molar-refractivity contribution in [1.29, 1.82) is 0 Å². The zero-order valence-corrected chi connectivity index (χ0v) is 36.4. The van der Waals surface area contributed by atoms with E-state index in [9.17, 15) is 10.0 Å². The third-order valence-electron chi connectivity index (χ3n) is 12.8. The minimum absolute atomic E-state index is 0.0761. The van der Waals surface area contributed by atoms with Crippen LogP contribution >= 0.6 is 11.6 Å². The van der Waals surface area contributed by atoms with Gasteiger partial charge in [0.25, 0.3) is 0 Å². The smallest absolute Gasteiger partial charge is 0.306 e. The van der Waals surface area contributed by atoms with Crippen LogP contribution in [0.25, 0.3) is 0 Å². The Balaban J connectivity index is 1.16. The number of unbranched alkanes of at least 4 members (excludes halogenated alkanes) is 3. The maximum absolute atomic E-state index is 12.9. The summed E-state index contributed by atoms with van der Waals surface area (Å²) in [5.41, 5.74) is 9.00. The molecular formula is C49H66ClN3O3+. The molecule has 6 nitrogen and oxygen atoms in total. The predicted molar refractivity (Wildman–Crippen MR) is 231 cm³/mol. The van der Waals surface area contributed by atoms with Crippen LogP contribution in [0.5, 0.6) is 0 Å². The molecule has 3 heterocycles. The Kier molecular flexibility index (Phi) is 12.6. The fourth-order valence-electron chi connectivity index (χ4n) is 9.86. The number of carbonyl (C=O) groups is 1. The van der Waals surface area contributed by atoms with Gasteiger partial charge in [-0.15, -0.1) is 10.3 Å². The first-order chi connectivity index (χ1) is 26.5. The van der Waals surface area contributed by atoms with Crippen molar-refractivity contribution in [1.82, 2.24) is 5.06 Å². The standard InChI is InChI=1S/C49H66ClN3O3/c1-10-11-31-51-40-24-16-14-22-38(40)48(6,7)42(51)29-27-35-20-19-21-36(45(35)50)28-30-43-49(8,9)39-23-15-17-25-41(39)52(43)32-18-12-13-26-44(54)56-37-33-46(2,3)53(55)47(4,5)34-37/h14-17,22-25,27-30,37H,10-13,18-21,26,31-34H2,1-9H3/q+1. The van der Waals surface area contributed by atoms with Crippen LogP contribution in [-0.4, -0.2) is 51.6 Å². The molecule has 0 amide bonds. The van der Waals surface area contributed by atoms with Gasteiger partial charge in [-0.1, -0.05) is 87.3 Å². The van der Waals surface area contributed by atoms with Crippen molar-refractivity contribution in [2.45, 2.75) is 161 Å². The average Bonchev–Trinajstić information content (AvgIpc) is 3.49. The third-order valence-corrected chi connectivity index (χ3v) is 13.3. The van der Waals surface area contributed by atoms with E-state index < -0.39 is 11.1 Å². The van der Waals surface area contributed by atoms with E-state index in [0.717, 1.165) is 69.5 Å². The van der Waals surface area contributed by atoms with E-state index in [1.165, 1.54) is 50.1 Å². The molecule has 56 heavy (non-hydrogen) atoms. The number of fused-ring (bicyclic) bond motifs is 2. The van der Waals surface area contributed by atoms with Crippen molar-refractivity contribution < 1.29 is 19.3 Å². The highest BCUT2D eigenvalue weighted by molar-refractivity contribution is 6.32. The average molecular weight is 781 g/mol. The Labute approximate surface area is 342 Å². The molecule has 2 aromatic carbocycles. The quantitative estimate of drug-likeness (QED) is 0.115. The summed E-state index contributed by atoms with van der Waals surface area (Å²) in [5, 5.41) is 14.8. The fourth-order valence-corrected chi connectivity index (χ4v) is 10.2. The van der Waals surface area contributed by atoms with Crippen LogP contribution in [0.2, 0.25) is 0 Å². The van der Waals surface area contributed by atoms with Crippen LogP contribution in [0.4, 0.5) is 11.4 Å². The predicted octanol–water partition coefficient (Wildman–Crippen LogP) is 12.2. The molecule has 0 spiro atoms. The molecule has 1 fully saturated rings. The molecule has 4 aliphatic rings. The number of halogens is 1. The minimum Gasteiger partial charge on any atom is -0.462 e. The number of rotatable bonds is 13. The van der Waals surface area contributed by atoms with Crippen molar-refractivity contribution >= 4 is 34.7 Å². The molecule has 0 N–H and O–H groups in total. The van der Waals surface area contributed by atoms with Crippen molar-refractivity contribution in [2.75, 3.05) is 18.0 Å². The molecule has 0 unspecified atom stereocenters. The minimum atomic E-state index is -0.554. The molecule has 6 rings (SSSR count). The Hall–Kier alpha value is -3.45. The van der Waals surface area contributed by atoms with Gasteiger partial charge in [-0.25, -0.2) is 0 Å². The summed E-state index contributed by atoms with van der Waals surface area (Å²) in [6, 6.07) is 17.6.